The summed E-state index contributed by atoms with van der Waals surface area (Å²) in [6.07, 6.45) is 13.2. The van der Waals surface area contributed by atoms with Crippen LogP contribution in [-0.4, -0.2) is 4.40 Å². The molecule has 3 rings (SSSR count). The van der Waals surface area contributed by atoms with E-state index in [0.717, 1.165) is 0 Å². The summed E-state index contributed by atoms with van der Waals surface area (Å²) < 4.78 is 2.40. The number of hydrogen-bond donors (Lipinski definition) is 0. The summed E-state index contributed by atoms with van der Waals surface area (Å²) >= 11 is 0. The summed E-state index contributed by atoms with van der Waals surface area (Å²) in [4.78, 5) is 0. The van der Waals surface area contributed by atoms with E-state index in [9.17, 15) is 0 Å². The molecule has 102 valence electrons. The molecule has 0 aliphatic heterocycles. The summed E-state index contributed by atoms with van der Waals surface area (Å²) in [7, 11) is 0. The lowest BCUT2D eigenvalue weighted by molar-refractivity contribution is 0.978. The molecule has 0 N–H and O–H groups in total. The maximum Gasteiger partial charge on any atom is 0.0613 e. The second-order valence-corrected chi connectivity index (χ2v) is 5.33. The molecule has 0 aromatic carbocycles. The lowest BCUT2D eigenvalue weighted by Gasteiger charge is -1.99. The van der Waals surface area contributed by atoms with E-state index in [2.05, 4.69) is 69.1 Å². The first-order chi connectivity index (χ1) is 9.69. The third-order valence-electron chi connectivity index (χ3n) is 4.40. The minimum absolute atomic E-state index is 0.493. The molecule has 2 aromatic rings. The summed E-state index contributed by atoms with van der Waals surface area (Å²) in [5, 5.41) is 3.93. The zero-order valence-electron chi connectivity index (χ0n) is 12.7. The molecule has 1 nitrogen and oxygen atoms in total. The minimum Gasteiger partial charge on any atom is -0.309 e. The zero-order chi connectivity index (χ0) is 14.4. The smallest absolute Gasteiger partial charge is 0.0613 e. The highest BCUT2D eigenvalue weighted by atomic mass is 14.9. The molecule has 1 aliphatic carbocycles. The fraction of sp³-hybridized carbons (Fsp3) is 0.263. The van der Waals surface area contributed by atoms with Gasteiger partial charge in [-0.15, -0.1) is 0 Å². The van der Waals surface area contributed by atoms with Crippen molar-refractivity contribution in [1.29, 1.82) is 0 Å². The van der Waals surface area contributed by atoms with E-state index < -0.39 is 0 Å². The van der Waals surface area contributed by atoms with Crippen LogP contribution in [0.15, 0.2) is 12.7 Å². The molecule has 1 unspecified atom stereocenters. The summed E-state index contributed by atoms with van der Waals surface area (Å²) in [6.45, 7) is 12.6. The highest BCUT2D eigenvalue weighted by Crippen LogP contribution is 2.28. The molecule has 0 bridgehead atoms. The molecule has 1 aliphatic rings. The van der Waals surface area contributed by atoms with E-state index in [1.165, 1.54) is 38.1 Å². The lowest BCUT2D eigenvalue weighted by atomic mass is 10.0. The Balaban J connectivity index is 2.76. The molecule has 0 saturated heterocycles. The molecule has 2 aromatic heterocycles. The quantitative estimate of drug-likeness (QED) is 0.745. The van der Waals surface area contributed by atoms with Crippen LogP contribution < -0.4 is 15.8 Å². The van der Waals surface area contributed by atoms with Crippen molar-refractivity contribution in [2.45, 2.75) is 33.6 Å². The molecule has 1 heteroatoms. The normalized spacial score (nSPS) is 20.4. The monoisotopic (exact) mass is 263 g/mol. The van der Waals surface area contributed by atoms with Crippen molar-refractivity contribution in [3.63, 3.8) is 0 Å². The van der Waals surface area contributed by atoms with E-state index in [4.69, 9.17) is 0 Å². The lowest BCUT2D eigenvalue weighted by Crippen LogP contribution is -2.26. The van der Waals surface area contributed by atoms with Gasteiger partial charge in [0.2, 0.25) is 0 Å². The highest BCUT2D eigenvalue weighted by molar-refractivity contribution is 5.79. The SMILES string of the molecule is C=Cc1c(=C/C)/c(=C\C)n2c3c(/c(=C/C)c12)C(C)C=C3. The average molecular weight is 263 g/mol. The maximum atomic E-state index is 4.04. The van der Waals surface area contributed by atoms with Crippen LogP contribution >= 0.6 is 0 Å². The van der Waals surface area contributed by atoms with Crippen LogP contribution in [0.5, 0.6) is 0 Å². The molecule has 0 saturated carbocycles. The average Bonchev–Trinajstić information content (AvgIpc) is 3.07. The molecule has 1 atom stereocenters. The highest BCUT2D eigenvalue weighted by Gasteiger charge is 2.23. The molecule has 0 radical (unpaired) electrons. The predicted molar refractivity (Wildman–Crippen MR) is 89.8 cm³/mol. The Labute approximate surface area is 119 Å². The van der Waals surface area contributed by atoms with Crippen LogP contribution in [0.25, 0.3) is 35.9 Å². The van der Waals surface area contributed by atoms with Gasteiger partial charge in [0, 0.05) is 27.3 Å². The van der Waals surface area contributed by atoms with E-state index >= 15 is 0 Å². The van der Waals surface area contributed by atoms with Crippen LogP contribution in [0.2, 0.25) is 0 Å². The van der Waals surface area contributed by atoms with Gasteiger partial charge in [0.05, 0.1) is 11.2 Å². The number of nitrogens with zero attached hydrogens (tertiary/aromatic N) is 1. The second-order valence-electron chi connectivity index (χ2n) is 5.33. The Kier molecular flexibility index (Phi) is 2.93. The Morgan fingerprint density at radius 2 is 1.80 bits per heavy atom. The van der Waals surface area contributed by atoms with Crippen LogP contribution in [0.1, 0.15) is 50.4 Å². The van der Waals surface area contributed by atoms with Gasteiger partial charge in [-0.1, -0.05) is 43.9 Å². The Bertz CT molecular complexity index is 904. The van der Waals surface area contributed by atoms with E-state index in [1.807, 2.05) is 6.08 Å². The fourth-order valence-electron chi connectivity index (χ4n) is 3.59. The van der Waals surface area contributed by atoms with Crippen LogP contribution in [0.4, 0.5) is 0 Å². The summed E-state index contributed by atoms with van der Waals surface area (Å²) in [5.41, 5.74) is 5.36. The molecule has 0 spiro atoms. The van der Waals surface area contributed by atoms with Crippen molar-refractivity contribution in [2.75, 3.05) is 0 Å². The van der Waals surface area contributed by atoms with Gasteiger partial charge in [-0.2, -0.15) is 0 Å². The number of aromatic nitrogens is 1. The predicted octanol–water partition coefficient (Wildman–Crippen LogP) is 2.83. The van der Waals surface area contributed by atoms with Gasteiger partial charge in [-0.3, -0.25) is 0 Å². The molecular weight excluding hydrogens is 242 g/mol. The zero-order valence-corrected chi connectivity index (χ0v) is 12.7. The van der Waals surface area contributed by atoms with Crippen molar-refractivity contribution in [3.05, 3.63) is 45.3 Å². The minimum atomic E-state index is 0.493. The number of rotatable bonds is 1. The standard InChI is InChI=1S/C19H21N/c1-6-13-14(7-2)19-15(8-3)18-12(5)10-11-17(18)20(19)16(13)9-4/h6-12H,2H2,1,3-5H3/b13-6-,15-8-,16-9+. The first-order valence-electron chi connectivity index (χ1n) is 7.29. The van der Waals surface area contributed by atoms with Gasteiger partial charge in [0.1, 0.15) is 0 Å². The third-order valence-corrected chi connectivity index (χ3v) is 4.40. The molecular formula is C19H21N. The largest absolute Gasteiger partial charge is 0.309 e. The van der Waals surface area contributed by atoms with Gasteiger partial charge in [0.15, 0.2) is 0 Å². The van der Waals surface area contributed by atoms with Gasteiger partial charge in [-0.05, 0) is 32.4 Å². The van der Waals surface area contributed by atoms with Crippen LogP contribution in [-0.2, 0) is 0 Å². The Morgan fingerprint density at radius 3 is 2.35 bits per heavy atom. The number of fused-ring (bicyclic) bond motifs is 3. The Morgan fingerprint density at radius 1 is 1.10 bits per heavy atom. The van der Waals surface area contributed by atoms with E-state index in [-0.39, 0.29) is 0 Å². The van der Waals surface area contributed by atoms with E-state index in [0.29, 0.717) is 5.92 Å². The fourth-order valence-corrected chi connectivity index (χ4v) is 3.59. The van der Waals surface area contributed by atoms with Crippen LogP contribution in [0.3, 0.4) is 0 Å². The van der Waals surface area contributed by atoms with Crippen molar-refractivity contribution < 1.29 is 0 Å². The summed E-state index contributed by atoms with van der Waals surface area (Å²) in [6, 6.07) is 0. The maximum absolute atomic E-state index is 4.04. The molecule has 20 heavy (non-hydrogen) atoms. The topological polar surface area (TPSA) is 4.41 Å². The summed E-state index contributed by atoms with van der Waals surface area (Å²) in [5.74, 6) is 0.493. The number of hydrogen-bond acceptors (Lipinski definition) is 0. The molecule has 0 amide bonds. The Hall–Kier alpha value is -2.02. The van der Waals surface area contributed by atoms with Crippen molar-refractivity contribution >= 4 is 35.9 Å². The number of allylic oxidation sites excluding steroid dienone is 1. The van der Waals surface area contributed by atoms with E-state index in [1.54, 1.807) is 0 Å². The van der Waals surface area contributed by atoms with Crippen molar-refractivity contribution in [3.8, 4) is 0 Å². The van der Waals surface area contributed by atoms with Gasteiger partial charge >= 0.3 is 0 Å². The van der Waals surface area contributed by atoms with Crippen molar-refractivity contribution in [2.24, 2.45) is 0 Å². The molecule has 2 heterocycles. The van der Waals surface area contributed by atoms with Gasteiger partial charge in [0.25, 0.3) is 0 Å². The molecule has 0 fully saturated rings. The van der Waals surface area contributed by atoms with Crippen molar-refractivity contribution in [1.82, 2.24) is 4.40 Å². The first-order valence-corrected chi connectivity index (χ1v) is 7.29. The third kappa shape index (κ3) is 1.38. The van der Waals surface area contributed by atoms with Crippen LogP contribution in [0, 0.1) is 0 Å². The second kappa shape index (κ2) is 4.52. The first kappa shape index (κ1) is 13.0. The van der Waals surface area contributed by atoms with Gasteiger partial charge in [-0.25, -0.2) is 0 Å². The van der Waals surface area contributed by atoms with Gasteiger partial charge < -0.3 is 4.40 Å².